The Bertz CT molecular complexity index is 893. The van der Waals surface area contributed by atoms with Crippen molar-refractivity contribution in [3.8, 4) is 0 Å². The molecule has 0 bridgehead atoms. The molecule has 0 heterocycles. The number of carbonyl (C=O) groups is 3. The van der Waals surface area contributed by atoms with E-state index in [1.165, 1.54) is 52.1 Å². The third-order valence-corrected chi connectivity index (χ3v) is 5.48. The lowest BCUT2D eigenvalue weighted by atomic mass is 10.1. The summed E-state index contributed by atoms with van der Waals surface area (Å²) < 4.78 is 4.70. The van der Waals surface area contributed by atoms with Crippen molar-refractivity contribution in [3.63, 3.8) is 0 Å². The van der Waals surface area contributed by atoms with Gasteiger partial charge in [-0.15, -0.1) is 0 Å². The predicted octanol–water partition coefficient (Wildman–Crippen LogP) is 6.58. The molecule has 2 N–H and O–H groups in total. The van der Waals surface area contributed by atoms with Gasteiger partial charge >= 0.3 is 5.97 Å². The summed E-state index contributed by atoms with van der Waals surface area (Å²) in [7, 11) is 1.31. The number of rotatable bonds is 14. The minimum atomic E-state index is -0.464. The number of esters is 1. The van der Waals surface area contributed by atoms with Crippen LogP contribution in [0.25, 0.3) is 0 Å². The maximum atomic E-state index is 12.5. The van der Waals surface area contributed by atoms with Crippen LogP contribution in [-0.2, 0) is 9.53 Å². The molecule has 0 aliphatic rings. The lowest BCUT2D eigenvalue weighted by Crippen LogP contribution is -2.14. The van der Waals surface area contributed by atoms with Crippen LogP contribution in [0.2, 0.25) is 0 Å². The highest BCUT2D eigenvalue weighted by molar-refractivity contribution is 6.05. The summed E-state index contributed by atoms with van der Waals surface area (Å²) >= 11 is 0. The average Bonchev–Trinajstić information content (AvgIpc) is 2.83. The van der Waals surface area contributed by atoms with Gasteiger partial charge < -0.3 is 15.4 Å². The Balaban J connectivity index is 1.71. The summed E-state index contributed by atoms with van der Waals surface area (Å²) in [6.45, 7) is 2.23. The molecule has 0 unspecified atom stereocenters. The Labute approximate surface area is 197 Å². The first-order valence-electron chi connectivity index (χ1n) is 11.9. The number of hydrogen-bond acceptors (Lipinski definition) is 4. The Morgan fingerprint density at radius 3 is 2.00 bits per heavy atom. The van der Waals surface area contributed by atoms with Gasteiger partial charge in [0.1, 0.15) is 0 Å². The van der Waals surface area contributed by atoms with E-state index < -0.39 is 5.97 Å². The fourth-order valence-electron chi connectivity index (χ4n) is 3.57. The van der Waals surface area contributed by atoms with Crippen molar-refractivity contribution in [1.29, 1.82) is 0 Å². The number of methoxy groups -OCH3 is 1. The summed E-state index contributed by atoms with van der Waals surface area (Å²) in [6.07, 6.45) is 11.5. The van der Waals surface area contributed by atoms with Gasteiger partial charge in [-0.05, 0) is 48.9 Å². The summed E-state index contributed by atoms with van der Waals surface area (Å²) in [5.41, 5.74) is 1.98. The van der Waals surface area contributed by atoms with Crippen LogP contribution in [0.3, 0.4) is 0 Å². The van der Waals surface area contributed by atoms with Crippen molar-refractivity contribution in [2.45, 2.75) is 71.1 Å². The van der Waals surface area contributed by atoms with Crippen molar-refractivity contribution in [1.82, 2.24) is 0 Å². The van der Waals surface area contributed by atoms with Gasteiger partial charge in [-0.25, -0.2) is 4.79 Å². The van der Waals surface area contributed by atoms with E-state index in [-0.39, 0.29) is 11.8 Å². The molecule has 33 heavy (non-hydrogen) atoms. The lowest BCUT2D eigenvalue weighted by Gasteiger charge is -2.09. The second-order valence-electron chi connectivity index (χ2n) is 8.23. The van der Waals surface area contributed by atoms with Gasteiger partial charge in [-0.1, -0.05) is 64.4 Å². The SMILES string of the molecule is CCCCCCCCCCCC(=O)Nc1ccc(C(=O)Nc2cccc(C(=O)OC)c2)cc1. The Morgan fingerprint density at radius 2 is 1.36 bits per heavy atom. The van der Waals surface area contributed by atoms with E-state index >= 15 is 0 Å². The van der Waals surface area contributed by atoms with Crippen molar-refractivity contribution < 1.29 is 19.1 Å². The zero-order valence-electron chi connectivity index (χ0n) is 19.8. The first kappa shape index (κ1) is 26.1. The fourth-order valence-corrected chi connectivity index (χ4v) is 3.57. The zero-order valence-corrected chi connectivity index (χ0v) is 19.8. The zero-order chi connectivity index (χ0) is 23.9. The monoisotopic (exact) mass is 452 g/mol. The van der Waals surface area contributed by atoms with E-state index in [0.717, 1.165) is 12.8 Å². The highest BCUT2D eigenvalue weighted by Gasteiger charge is 2.10. The van der Waals surface area contributed by atoms with Crippen LogP contribution >= 0.6 is 0 Å². The highest BCUT2D eigenvalue weighted by atomic mass is 16.5. The summed E-state index contributed by atoms with van der Waals surface area (Å²) in [6, 6.07) is 13.3. The van der Waals surface area contributed by atoms with Crippen molar-refractivity contribution in [2.24, 2.45) is 0 Å². The van der Waals surface area contributed by atoms with Gasteiger partial charge in [-0.3, -0.25) is 9.59 Å². The first-order valence-corrected chi connectivity index (χ1v) is 11.9. The van der Waals surface area contributed by atoms with Crippen LogP contribution < -0.4 is 10.6 Å². The van der Waals surface area contributed by atoms with Crippen LogP contribution in [0, 0.1) is 0 Å². The minimum Gasteiger partial charge on any atom is -0.465 e. The van der Waals surface area contributed by atoms with Gasteiger partial charge in [-0.2, -0.15) is 0 Å². The van der Waals surface area contributed by atoms with E-state index in [1.54, 1.807) is 48.5 Å². The highest BCUT2D eigenvalue weighted by Crippen LogP contribution is 2.16. The number of ether oxygens (including phenoxy) is 1. The van der Waals surface area contributed by atoms with Crippen LogP contribution in [0.15, 0.2) is 48.5 Å². The maximum absolute atomic E-state index is 12.5. The van der Waals surface area contributed by atoms with Crippen LogP contribution in [0.5, 0.6) is 0 Å². The number of anilines is 2. The van der Waals surface area contributed by atoms with Gasteiger partial charge in [0.2, 0.25) is 5.91 Å². The Hall–Kier alpha value is -3.15. The number of amides is 2. The molecular formula is C27H36N2O4. The molecule has 0 aromatic heterocycles. The van der Waals surface area contributed by atoms with E-state index in [1.807, 2.05) is 0 Å². The number of unbranched alkanes of at least 4 members (excludes halogenated alkanes) is 8. The first-order chi connectivity index (χ1) is 16.0. The third-order valence-electron chi connectivity index (χ3n) is 5.48. The van der Waals surface area contributed by atoms with Gasteiger partial charge in [0, 0.05) is 23.4 Å². The maximum Gasteiger partial charge on any atom is 0.337 e. The number of benzene rings is 2. The van der Waals surface area contributed by atoms with Gasteiger partial charge in [0.15, 0.2) is 0 Å². The molecule has 0 aliphatic carbocycles. The fraction of sp³-hybridized carbons (Fsp3) is 0.444. The second kappa shape index (κ2) is 14.8. The van der Waals surface area contributed by atoms with E-state index in [4.69, 9.17) is 4.74 Å². The van der Waals surface area contributed by atoms with Crippen molar-refractivity contribution in [3.05, 3.63) is 59.7 Å². The summed E-state index contributed by atoms with van der Waals surface area (Å²) in [5, 5.41) is 5.65. The van der Waals surface area contributed by atoms with Crippen LogP contribution in [-0.4, -0.2) is 24.9 Å². The quantitative estimate of drug-likeness (QED) is 0.250. The standard InChI is InChI=1S/C27H36N2O4/c1-3-4-5-6-7-8-9-10-11-15-25(30)28-23-18-16-21(17-19-23)26(31)29-24-14-12-13-22(20-24)27(32)33-2/h12-14,16-20H,3-11,15H2,1-2H3,(H,28,30)(H,29,31). The van der Waals surface area contributed by atoms with Gasteiger partial charge in [0.25, 0.3) is 5.91 Å². The van der Waals surface area contributed by atoms with E-state index in [9.17, 15) is 14.4 Å². The smallest absolute Gasteiger partial charge is 0.337 e. The molecular weight excluding hydrogens is 416 g/mol. The molecule has 0 saturated carbocycles. The van der Waals surface area contributed by atoms with Crippen LogP contribution in [0.4, 0.5) is 11.4 Å². The van der Waals surface area contributed by atoms with Crippen molar-refractivity contribution >= 4 is 29.2 Å². The number of nitrogens with one attached hydrogen (secondary N) is 2. The lowest BCUT2D eigenvalue weighted by molar-refractivity contribution is -0.116. The summed E-state index contributed by atoms with van der Waals surface area (Å²) in [4.78, 5) is 36.3. The van der Waals surface area contributed by atoms with Crippen molar-refractivity contribution in [2.75, 3.05) is 17.7 Å². The minimum absolute atomic E-state index is 0.00484. The van der Waals surface area contributed by atoms with Crippen LogP contribution in [0.1, 0.15) is 91.8 Å². The third kappa shape index (κ3) is 9.89. The predicted molar refractivity (Wildman–Crippen MR) is 133 cm³/mol. The van der Waals surface area contributed by atoms with Gasteiger partial charge in [0.05, 0.1) is 12.7 Å². The molecule has 2 aromatic rings. The number of hydrogen-bond donors (Lipinski definition) is 2. The topological polar surface area (TPSA) is 84.5 Å². The molecule has 2 aromatic carbocycles. The van der Waals surface area contributed by atoms with E-state index in [0.29, 0.717) is 28.9 Å². The largest absolute Gasteiger partial charge is 0.465 e. The molecule has 0 atom stereocenters. The second-order valence-corrected chi connectivity index (χ2v) is 8.23. The number of carbonyl (C=O) groups excluding carboxylic acids is 3. The molecule has 0 saturated heterocycles. The molecule has 6 heteroatoms. The normalized spacial score (nSPS) is 10.5. The Kier molecular flexibility index (Phi) is 11.7. The molecule has 0 aliphatic heterocycles. The molecule has 0 radical (unpaired) electrons. The molecule has 0 spiro atoms. The molecule has 0 fully saturated rings. The molecule has 2 rings (SSSR count). The average molecular weight is 453 g/mol. The molecule has 6 nitrogen and oxygen atoms in total. The summed E-state index contributed by atoms with van der Waals surface area (Å²) in [5.74, 6) is -0.770. The molecule has 2 amide bonds. The Morgan fingerprint density at radius 1 is 0.727 bits per heavy atom. The van der Waals surface area contributed by atoms with E-state index in [2.05, 4.69) is 17.6 Å². The molecule has 178 valence electrons.